The summed E-state index contributed by atoms with van der Waals surface area (Å²) >= 11 is 0. The Morgan fingerprint density at radius 1 is 0.253 bits per heavy atom. The number of carbonyl (C=O) groups excluding carboxylic acids is 3. The molecule has 468 valence electrons. The molecule has 0 saturated heterocycles. The van der Waals surface area contributed by atoms with Crippen LogP contribution in [0.2, 0.25) is 0 Å². The highest BCUT2D eigenvalue weighted by molar-refractivity contribution is 5.71. The Balaban J connectivity index is 4.44. The first kappa shape index (κ1) is 78.0. The third-order valence-corrected chi connectivity index (χ3v) is 14.0. The quantitative estimate of drug-likeness (QED) is 0.0261. The maximum atomic E-state index is 12.9. The number of hydrogen-bond acceptors (Lipinski definition) is 6. The zero-order valence-corrected chi connectivity index (χ0v) is 53.7. The van der Waals surface area contributed by atoms with Gasteiger partial charge >= 0.3 is 17.9 Å². The Morgan fingerprint density at radius 3 is 0.759 bits per heavy atom. The third-order valence-electron chi connectivity index (χ3n) is 14.0. The second-order valence-electron chi connectivity index (χ2n) is 22.0. The summed E-state index contributed by atoms with van der Waals surface area (Å²) in [6, 6.07) is 0. The van der Waals surface area contributed by atoms with Gasteiger partial charge in [-0.05, 0) is 148 Å². The lowest BCUT2D eigenvalue weighted by Gasteiger charge is -2.18. The van der Waals surface area contributed by atoms with Crippen LogP contribution in [0.15, 0.2) is 158 Å². The van der Waals surface area contributed by atoms with Crippen LogP contribution < -0.4 is 0 Å². The molecule has 0 aromatic rings. The van der Waals surface area contributed by atoms with Gasteiger partial charge in [0.2, 0.25) is 0 Å². The molecule has 0 N–H and O–H groups in total. The van der Waals surface area contributed by atoms with E-state index in [0.29, 0.717) is 19.3 Å². The second kappa shape index (κ2) is 69.5. The molecule has 0 heterocycles. The van der Waals surface area contributed by atoms with Crippen molar-refractivity contribution in [3.8, 4) is 0 Å². The molecule has 0 rings (SSSR count). The van der Waals surface area contributed by atoms with E-state index >= 15 is 0 Å². The molecule has 0 fully saturated rings. The van der Waals surface area contributed by atoms with Gasteiger partial charge in [0.25, 0.3) is 0 Å². The van der Waals surface area contributed by atoms with Crippen LogP contribution in [0, 0.1) is 0 Å². The van der Waals surface area contributed by atoms with E-state index in [1.807, 2.05) is 0 Å². The molecule has 6 nitrogen and oxygen atoms in total. The number of rotatable bonds is 60. The minimum Gasteiger partial charge on any atom is -0.462 e. The standard InChI is InChI=1S/C77H124O6/c1-4-7-10-13-16-19-22-25-28-30-32-34-36-37-38-39-41-42-44-46-49-52-55-58-61-64-67-70-76(79)82-73-74(72-81-75(78)69-66-63-60-57-54-51-48-27-24-21-18-15-12-9-6-3)83-77(80)71-68-65-62-59-56-53-50-47-45-43-40-35-33-31-29-26-23-20-17-14-11-8-5-2/h8-9,11-12,17-18,20-22,25-27,29-30,32-33,35-37,43,45,48,50,53-54,57,74H,4-7,10,13-16,19,23-24,28,31,34,38-42,44,46-47,49,51-52,55-56,58-73H2,1-3H3/b11-8-,12-9-,20-17-,21-18-,25-22-,29-26-,32-30-,35-33-,37-36-,45-43-,48-27-,53-50-,57-54-. The summed E-state index contributed by atoms with van der Waals surface area (Å²) in [5, 5.41) is 0. The van der Waals surface area contributed by atoms with E-state index < -0.39 is 6.10 Å². The maximum Gasteiger partial charge on any atom is 0.306 e. The largest absolute Gasteiger partial charge is 0.462 e. The highest BCUT2D eigenvalue weighted by Gasteiger charge is 2.19. The summed E-state index contributed by atoms with van der Waals surface area (Å²) in [6.07, 6.45) is 101. The van der Waals surface area contributed by atoms with E-state index in [1.54, 1.807) is 0 Å². The van der Waals surface area contributed by atoms with Crippen molar-refractivity contribution in [3.05, 3.63) is 158 Å². The molecule has 0 amide bonds. The predicted molar refractivity (Wildman–Crippen MR) is 362 cm³/mol. The molecule has 0 bridgehead atoms. The number of ether oxygens (including phenoxy) is 3. The lowest BCUT2D eigenvalue weighted by Crippen LogP contribution is -2.30. The minimum atomic E-state index is -0.819. The molecule has 0 aliphatic heterocycles. The Hall–Kier alpha value is -4.97. The van der Waals surface area contributed by atoms with Crippen LogP contribution in [0.1, 0.15) is 290 Å². The van der Waals surface area contributed by atoms with Crippen LogP contribution in [-0.2, 0) is 28.6 Å². The summed E-state index contributed by atoms with van der Waals surface area (Å²) in [5.74, 6) is -0.979. The van der Waals surface area contributed by atoms with Crippen molar-refractivity contribution < 1.29 is 28.6 Å². The van der Waals surface area contributed by atoms with Crippen LogP contribution >= 0.6 is 0 Å². The van der Waals surface area contributed by atoms with Crippen molar-refractivity contribution in [1.82, 2.24) is 0 Å². The van der Waals surface area contributed by atoms with Crippen LogP contribution in [0.25, 0.3) is 0 Å². The van der Waals surface area contributed by atoms with E-state index in [-0.39, 0.29) is 37.5 Å². The van der Waals surface area contributed by atoms with Crippen LogP contribution in [-0.4, -0.2) is 37.2 Å². The Kier molecular flexibility index (Phi) is 65.4. The zero-order valence-electron chi connectivity index (χ0n) is 53.7. The minimum absolute atomic E-state index is 0.109. The molecule has 0 aliphatic carbocycles. The Bertz CT molecular complexity index is 1840. The summed E-state index contributed by atoms with van der Waals surface area (Å²) < 4.78 is 16.9. The van der Waals surface area contributed by atoms with Gasteiger partial charge < -0.3 is 14.2 Å². The summed E-state index contributed by atoms with van der Waals surface area (Å²) in [7, 11) is 0. The molecule has 0 aromatic heterocycles. The van der Waals surface area contributed by atoms with Gasteiger partial charge in [0.15, 0.2) is 6.10 Å². The predicted octanol–water partition coefficient (Wildman–Crippen LogP) is 23.7. The van der Waals surface area contributed by atoms with E-state index in [0.717, 1.165) is 141 Å². The fourth-order valence-electron chi connectivity index (χ4n) is 8.97. The molecule has 0 saturated carbocycles. The van der Waals surface area contributed by atoms with Crippen LogP contribution in [0.3, 0.4) is 0 Å². The van der Waals surface area contributed by atoms with Crippen molar-refractivity contribution in [3.63, 3.8) is 0 Å². The Labute approximate surface area is 511 Å². The molecule has 6 heteroatoms. The highest BCUT2D eigenvalue weighted by atomic mass is 16.6. The maximum absolute atomic E-state index is 12.9. The zero-order chi connectivity index (χ0) is 59.9. The smallest absolute Gasteiger partial charge is 0.306 e. The number of esters is 3. The first-order chi connectivity index (χ1) is 41.0. The van der Waals surface area contributed by atoms with Gasteiger partial charge in [-0.25, -0.2) is 0 Å². The number of unbranched alkanes of at least 4 members (excludes halogenated alkanes) is 23. The van der Waals surface area contributed by atoms with Crippen molar-refractivity contribution in [2.24, 2.45) is 0 Å². The molecule has 0 aliphatic rings. The average Bonchev–Trinajstić information content (AvgIpc) is 3.49. The van der Waals surface area contributed by atoms with Gasteiger partial charge in [-0.3, -0.25) is 14.4 Å². The van der Waals surface area contributed by atoms with Gasteiger partial charge in [0.05, 0.1) is 0 Å². The van der Waals surface area contributed by atoms with Crippen LogP contribution in [0.4, 0.5) is 0 Å². The molecule has 1 unspecified atom stereocenters. The monoisotopic (exact) mass is 1140 g/mol. The first-order valence-electron chi connectivity index (χ1n) is 34.0. The van der Waals surface area contributed by atoms with E-state index in [4.69, 9.17) is 14.2 Å². The van der Waals surface area contributed by atoms with Gasteiger partial charge in [0, 0.05) is 19.3 Å². The van der Waals surface area contributed by atoms with Gasteiger partial charge in [-0.1, -0.05) is 281 Å². The van der Waals surface area contributed by atoms with Crippen molar-refractivity contribution in [2.75, 3.05) is 13.2 Å². The molecule has 83 heavy (non-hydrogen) atoms. The number of allylic oxidation sites excluding steroid dienone is 26. The van der Waals surface area contributed by atoms with E-state index in [9.17, 15) is 14.4 Å². The van der Waals surface area contributed by atoms with Crippen molar-refractivity contribution in [1.29, 1.82) is 0 Å². The Morgan fingerprint density at radius 2 is 0.470 bits per heavy atom. The summed E-state index contributed by atoms with van der Waals surface area (Å²) in [5.41, 5.74) is 0. The SMILES string of the molecule is CC/C=C\C/C=C\C/C=C\C/C=C\C/C=C\C/C=C\CCCCCCC(=O)OC(COC(=O)CCCC/C=C\C/C=C\C/C=C\C/C=C\CC)COC(=O)CCCCCCCCCCCCCC/C=C\C/C=C\C/C=C\CCCCCCC. The average molecular weight is 1150 g/mol. The van der Waals surface area contributed by atoms with Crippen molar-refractivity contribution >= 4 is 17.9 Å². The molecular weight excluding hydrogens is 1020 g/mol. The fraction of sp³-hybridized carbons (Fsp3) is 0.623. The number of carbonyl (C=O) groups is 3. The lowest BCUT2D eigenvalue weighted by atomic mass is 10.0. The highest BCUT2D eigenvalue weighted by Crippen LogP contribution is 2.15. The van der Waals surface area contributed by atoms with Gasteiger partial charge in [-0.2, -0.15) is 0 Å². The van der Waals surface area contributed by atoms with Gasteiger partial charge in [0.1, 0.15) is 13.2 Å². The van der Waals surface area contributed by atoms with Crippen molar-refractivity contribution in [2.45, 2.75) is 297 Å². The third kappa shape index (κ3) is 67.7. The molecule has 0 spiro atoms. The summed E-state index contributed by atoms with van der Waals surface area (Å²) in [6.45, 7) is 6.35. The fourth-order valence-corrected chi connectivity index (χ4v) is 8.97. The van der Waals surface area contributed by atoms with E-state index in [2.05, 4.69) is 179 Å². The normalized spacial score (nSPS) is 13.1. The second-order valence-corrected chi connectivity index (χ2v) is 22.0. The van der Waals surface area contributed by atoms with Crippen LogP contribution in [0.5, 0.6) is 0 Å². The molecule has 0 aromatic carbocycles. The first-order valence-corrected chi connectivity index (χ1v) is 34.0. The lowest BCUT2D eigenvalue weighted by molar-refractivity contribution is -0.167. The molecule has 1 atom stereocenters. The number of hydrogen-bond donors (Lipinski definition) is 0. The molecular formula is C77H124O6. The molecule has 0 radical (unpaired) electrons. The topological polar surface area (TPSA) is 78.9 Å². The summed E-state index contributed by atoms with van der Waals surface area (Å²) in [4.78, 5) is 38.4. The van der Waals surface area contributed by atoms with Gasteiger partial charge in [-0.15, -0.1) is 0 Å². The van der Waals surface area contributed by atoms with E-state index in [1.165, 1.54) is 103 Å².